The summed E-state index contributed by atoms with van der Waals surface area (Å²) in [7, 11) is 5.90. The molecule has 85 heavy (non-hydrogen) atoms. The fourth-order valence-electron chi connectivity index (χ4n) is 11.1. The number of anilines is 1. The van der Waals surface area contributed by atoms with Crippen LogP contribution in [0.15, 0.2) is 66.3 Å². The first-order valence-corrected chi connectivity index (χ1v) is 29.3. The molecule has 4 heterocycles. The second-order valence-corrected chi connectivity index (χ2v) is 23.9. The van der Waals surface area contributed by atoms with Gasteiger partial charge in [0.05, 0.1) is 49.7 Å². The fraction of sp³-hybridized carbons (Fsp3) is 0.556. The molecule has 5 amide bonds. The topological polar surface area (TPSA) is 293 Å². The average Bonchev–Trinajstić information content (AvgIpc) is 1.65. The number of benzene rings is 2. The monoisotopic (exact) mass is 1200 g/mol. The number of allylic oxidation sites excluding steroid dienone is 3. The van der Waals surface area contributed by atoms with E-state index in [0.717, 1.165) is 11.1 Å². The minimum atomic E-state index is -1.65. The molecule has 3 aliphatic rings. The van der Waals surface area contributed by atoms with E-state index in [1.165, 1.54) is 51.0 Å². The number of hydrogen-bond donors (Lipinski definition) is 4. The summed E-state index contributed by atoms with van der Waals surface area (Å²) in [5, 5.41) is 18.1. The van der Waals surface area contributed by atoms with E-state index in [1.54, 1.807) is 69.4 Å². The molecule has 462 valence electrons. The van der Waals surface area contributed by atoms with E-state index in [-0.39, 0.29) is 78.9 Å². The van der Waals surface area contributed by atoms with Gasteiger partial charge in [0, 0.05) is 81.9 Å². The molecule has 4 bridgehead atoms. The number of nitrogens with zero attached hydrogens (tertiary/aromatic N) is 3. The Morgan fingerprint density at radius 3 is 2.40 bits per heavy atom. The average molecular weight is 1200 g/mol. The van der Waals surface area contributed by atoms with Crippen molar-refractivity contribution in [1.29, 1.82) is 0 Å². The van der Waals surface area contributed by atoms with Crippen molar-refractivity contribution >= 4 is 81.2 Å². The molecule has 0 spiro atoms. The van der Waals surface area contributed by atoms with Gasteiger partial charge in [-0.2, -0.15) is 0 Å². The minimum Gasteiger partial charge on any atom is -0.495 e. The van der Waals surface area contributed by atoms with E-state index in [0.29, 0.717) is 60.1 Å². The van der Waals surface area contributed by atoms with Crippen LogP contribution >= 0.6 is 11.6 Å². The highest BCUT2D eigenvalue weighted by molar-refractivity contribution is 6.35. The number of nitrogens with one attached hydrogen (secondary N) is 2. The van der Waals surface area contributed by atoms with Gasteiger partial charge in [0.2, 0.25) is 11.8 Å². The van der Waals surface area contributed by atoms with Crippen molar-refractivity contribution in [1.82, 2.24) is 20.5 Å². The van der Waals surface area contributed by atoms with Gasteiger partial charge in [-0.3, -0.25) is 33.8 Å². The van der Waals surface area contributed by atoms with Gasteiger partial charge in [-0.15, -0.1) is 0 Å². The van der Waals surface area contributed by atoms with Gasteiger partial charge in [-0.25, -0.2) is 9.59 Å². The number of aliphatic hydroxyl groups is 1. The van der Waals surface area contributed by atoms with Crippen molar-refractivity contribution in [2.45, 2.75) is 173 Å². The van der Waals surface area contributed by atoms with Gasteiger partial charge in [-0.05, 0) is 108 Å². The molecule has 0 unspecified atom stereocenters. The summed E-state index contributed by atoms with van der Waals surface area (Å²) in [4.78, 5) is 127. The Balaban J connectivity index is 1.19. The molecule has 1 aromatic heterocycles. The molecule has 2 saturated heterocycles. The van der Waals surface area contributed by atoms with Crippen LogP contribution in [-0.2, 0) is 65.4 Å². The van der Waals surface area contributed by atoms with Crippen LogP contribution in [0.3, 0.4) is 0 Å². The minimum absolute atomic E-state index is 0.00728. The van der Waals surface area contributed by atoms with Crippen LogP contribution in [0.2, 0.25) is 5.02 Å². The number of carbonyl (C=O) groups excluding carboxylic acids is 9. The summed E-state index contributed by atoms with van der Waals surface area (Å²) in [6, 6.07) is 8.68. The number of amides is 5. The first-order valence-electron chi connectivity index (χ1n) is 28.9. The molecule has 6 rings (SSSR count). The third-order valence-electron chi connectivity index (χ3n) is 16.6. The number of fused-ring (bicyclic) bond motifs is 6. The SMILES string of the molecule is COc1cc2cc(c1Cl)N(C)C(=O)C[C@H](OC(=O)[C@H](C)N(C)C(=O)c1ccc3nc(CC(=O)[C@H](CCCNC(N)=O)NC(=O)[C@@H](CC(=O)CCCCC(C)=O)C(C)C)ccc3c1)[C@]1(C)O[C@H]1[C@H](C)[C@@H]1C[C@@](O)(CC(=O)O1)[C@H](OC)/C=C/C=C(\C)C2. The summed E-state index contributed by atoms with van der Waals surface area (Å²) in [6.45, 7) is 12.2. The number of pyridine rings is 1. The van der Waals surface area contributed by atoms with Crippen molar-refractivity contribution < 1.29 is 71.9 Å². The standard InChI is InChI=1S/C63H83ClN6O15/c1-35(2)45(31-44(72)18-13-12-17-37(4)71)58(76)68-47(19-15-25-66-61(65)79)49(73)30-43-23-21-41-29-42(22-24-46(41)67-43)59(77)69(8)39(6)60(78)84-53-32-54(74)70(9)48-27-40(28-50(81-10)56(48)64)26-36(3)16-14-20-52(82-11)63(80)33-51(83-55(75)34-63)38(5)57-62(53,7)85-57/h14,16,20-24,27-29,35,38-39,45,47,51-53,57,80H,12-13,15,17-19,25-26,30-34H2,1-11H3,(H,68,76)(H3,65,66,79)/b20-14+,36-16+/t38-,39+,45+,47+,51+,52-,53+,57+,62+,63-/m1/s1. The van der Waals surface area contributed by atoms with Crippen LogP contribution in [0.25, 0.3) is 10.9 Å². The van der Waals surface area contributed by atoms with Crippen molar-refractivity contribution in [3.63, 3.8) is 0 Å². The number of nitrogens with two attached hydrogens (primary N) is 1. The zero-order valence-electron chi connectivity index (χ0n) is 50.6. The Hall–Kier alpha value is -7.07. The number of unbranched alkanes of at least 4 members (excludes halogenated alkanes) is 1. The Labute approximate surface area is 502 Å². The van der Waals surface area contributed by atoms with E-state index < -0.39 is 102 Å². The molecule has 10 atom stereocenters. The number of halogens is 1. The molecule has 5 N–H and O–H groups in total. The van der Waals surface area contributed by atoms with E-state index in [1.807, 2.05) is 26.8 Å². The van der Waals surface area contributed by atoms with Crippen LogP contribution in [0, 0.1) is 17.8 Å². The summed E-state index contributed by atoms with van der Waals surface area (Å²) in [6.07, 6.45) is 3.21. The molecular formula is C63H83ClN6O15. The number of carbonyl (C=O) groups is 9. The molecule has 3 aliphatic heterocycles. The van der Waals surface area contributed by atoms with Crippen LogP contribution in [0.5, 0.6) is 5.75 Å². The number of esters is 2. The Morgan fingerprint density at radius 1 is 1.01 bits per heavy atom. The maximum atomic E-state index is 14.5. The second kappa shape index (κ2) is 29.3. The van der Waals surface area contributed by atoms with Gasteiger partial charge < -0.3 is 59.8 Å². The van der Waals surface area contributed by atoms with Gasteiger partial charge in [0.1, 0.15) is 57.9 Å². The molecule has 0 saturated carbocycles. The third-order valence-corrected chi connectivity index (χ3v) is 16.9. The molecular weight excluding hydrogens is 1120 g/mol. The lowest BCUT2D eigenvalue weighted by atomic mass is 9.78. The third kappa shape index (κ3) is 17.3. The predicted octanol–water partition coefficient (Wildman–Crippen LogP) is 7.05. The number of urea groups is 1. The zero-order chi connectivity index (χ0) is 62.7. The summed E-state index contributed by atoms with van der Waals surface area (Å²) >= 11 is 6.86. The van der Waals surface area contributed by atoms with Crippen molar-refractivity contribution in [3.05, 3.63) is 88.1 Å². The fourth-order valence-corrected chi connectivity index (χ4v) is 11.4. The number of rotatable bonds is 23. The molecule has 22 heteroatoms. The molecule has 3 aromatic rings. The molecule has 2 fully saturated rings. The maximum absolute atomic E-state index is 14.5. The number of aromatic nitrogens is 1. The number of hydrogen-bond acceptors (Lipinski definition) is 16. The van der Waals surface area contributed by atoms with Crippen molar-refractivity contribution in [3.8, 4) is 5.75 Å². The van der Waals surface area contributed by atoms with Gasteiger partial charge in [0.15, 0.2) is 5.78 Å². The lowest BCUT2D eigenvalue weighted by molar-refractivity contribution is -0.187. The number of ketones is 3. The first kappa shape index (κ1) is 67.1. The zero-order valence-corrected chi connectivity index (χ0v) is 51.4. The Kier molecular flexibility index (Phi) is 23.2. The number of ether oxygens (including phenoxy) is 5. The van der Waals surface area contributed by atoms with Gasteiger partial charge in [-0.1, -0.05) is 62.2 Å². The highest BCUT2D eigenvalue weighted by Crippen LogP contribution is 2.50. The normalized spacial score (nSPS) is 24.6. The van der Waals surface area contributed by atoms with E-state index >= 15 is 0 Å². The number of Topliss-reactive ketones (excluding diaryl/α,β-unsaturated/α-hetero) is 3. The van der Waals surface area contributed by atoms with Gasteiger partial charge in [0.25, 0.3) is 5.91 Å². The highest BCUT2D eigenvalue weighted by Gasteiger charge is 2.64. The number of likely N-dealkylation sites (N-methyl/N-ethyl adjacent to an activating group) is 1. The second-order valence-electron chi connectivity index (χ2n) is 23.5. The number of epoxide rings is 1. The first-order chi connectivity index (χ1) is 40.1. The Bertz CT molecular complexity index is 3070. The summed E-state index contributed by atoms with van der Waals surface area (Å²) < 4.78 is 29.8. The smallest absolute Gasteiger partial charge is 0.328 e. The van der Waals surface area contributed by atoms with Crippen LogP contribution in [0.4, 0.5) is 10.5 Å². The van der Waals surface area contributed by atoms with Crippen LogP contribution < -0.4 is 26.0 Å². The number of methoxy groups -OCH3 is 2. The van der Waals surface area contributed by atoms with Gasteiger partial charge >= 0.3 is 18.0 Å². The van der Waals surface area contributed by atoms with Crippen molar-refractivity contribution in [2.75, 3.05) is 39.8 Å². The maximum Gasteiger partial charge on any atom is 0.328 e. The number of primary amides is 1. The van der Waals surface area contributed by atoms with Crippen molar-refractivity contribution in [2.24, 2.45) is 23.5 Å². The molecule has 0 radical (unpaired) electrons. The Morgan fingerprint density at radius 2 is 1.73 bits per heavy atom. The summed E-state index contributed by atoms with van der Waals surface area (Å²) in [5.41, 5.74) is 5.31. The predicted molar refractivity (Wildman–Crippen MR) is 318 cm³/mol. The largest absolute Gasteiger partial charge is 0.495 e. The highest BCUT2D eigenvalue weighted by atomic mass is 35.5. The summed E-state index contributed by atoms with van der Waals surface area (Å²) in [5.74, 6) is -4.61. The van der Waals surface area contributed by atoms with Crippen LogP contribution in [-0.4, -0.2) is 151 Å². The molecule has 0 aliphatic carbocycles. The van der Waals surface area contributed by atoms with E-state index in [9.17, 15) is 48.3 Å². The van der Waals surface area contributed by atoms with Crippen LogP contribution in [0.1, 0.15) is 134 Å². The quantitative estimate of drug-likeness (QED) is 0.0420. The molecule has 21 nitrogen and oxygen atoms in total. The lowest BCUT2D eigenvalue weighted by Crippen LogP contribution is -2.53. The van der Waals surface area contributed by atoms with E-state index in [2.05, 4.69) is 10.6 Å². The lowest BCUT2D eigenvalue weighted by Gasteiger charge is -2.41. The van der Waals surface area contributed by atoms with E-state index in [4.69, 9.17) is 46.0 Å². The molecule has 2 aromatic carbocycles.